The predicted molar refractivity (Wildman–Crippen MR) is 137 cm³/mol. The Morgan fingerprint density at radius 2 is 1.33 bits per heavy atom. The molecule has 3 amide bonds. The first kappa shape index (κ1) is 23.8. The summed E-state index contributed by atoms with van der Waals surface area (Å²) >= 11 is 0. The molecule has 3 aromatic rings. The van der Waals surface area contributed by atoms with Crippen molar-refractivity contribution in [1.82, 2.24) is 24.5 Å². The maximum absolute atomic E-state index is 13.7. The van der Waals surface area contributed by atoms with Crippen LogP contribution in [-0.2, 0) is 16.0 Å². The van der Waals surface area contributed by atoms with Gasteiger partial charge in [0, 0.05) is 51.0 Å². The minimum Gasteiger partial charge on any atom is -0.335 e. The van der Waals surface area contributed by atoms with Crippen LogP contribution in [0.15, 0.2) is 60.8 Å². The van der Waals surface area contributed by atoms with Gasteiger partial charge in [0.05, 0.1) is 11.3 Å². The number of hydrogen-bond donors (Lipinski definition) is 0. The Morgan fingerprint density at radius 3 is 1.94 bits per heavy atom. The van der Waals surface area contributed by atoms with E-state index in [4.69, 9.17) is 5.10 Å². The summed E-state index contributed by atoms with van der Waals surface area (Å²) in [4.78, 5) is 43.8. The molecule has 0 aliphatic carbocycles. The first-order valence-electron chi connectivity index (χ1n) is 12.7. The fourth-order valence-corrected chi connectivity index (χ4v) is 4.83. The average Bonchev–Trinajstić information content (AvgIpc) is 3.64. The van der Waals surface area contributed by atoms with Crippen molar-refractivity contribution in [3.05, 3.63) is 71.9 Å². The number of amides is 3. The van der Waals surface area contributed by atoms with Gasteiger partial charge in [0.15, 0.2) is 0 Å². The molecule has 36 heavy (non-hydrogen) atoms. The third-order valence-corrected chi connectivity index (χ3v) is 7.03. The van der Waals surface area contributed by atoms with E-state index in [9.17, 15) is 14.4 Å². The Hall–Kier alpha value is -3.94. The lowest BCUT2D eigenvalue weighted by Gasteiger charge is -2.35. The number of aromatic nitrogens is 2. The van der Waals surface area contributed by atoms with Crippen LogP contribution < -0.4 is 0 Å². The van der Waals surface area contributed by atoms with Crippen molar-refractivity contribution in [2.75, 3.05) is 39.3 Å². The highest BCUT2D eigenvalue weighted by Gasteiger charge is 2.33. The van der Waals surface area contributed by atoms with Crippen LogP contribution in [0.25, 0.3) is 16.9 Å². The van der Waals surface area contributed by atoms with Crippen molar-refractivity contribution in [3.8, 4) is 16.9 Å². The molecule has 8 heteroatoms. The van der Waals surface area contributed by atoms with E-state index < -0.39 is 11.8 Å². The molecule has 8 nitrogen and oxygen atoms in total. The summed E-state index contributed by atoms with van der Waals surface area (Å²) in [5, 5.41) is 4.79. The Balaban J connectivity index is 1.35. The fourth-order valence-electron chi connectivity index (χ4n) is 4.83. The van der Waals surface area contributed by atoms with E-state index in [0.717, 1.165) is 30.5 Å². The predicted octanol–water partition coefficient (Wildman–Crippen LogP) is 3.01. The molecule has 0 unspecified atom stereocenters. The summed E-state index contributed by atoms with van der Waals surface area (Å²) in [5.74, 6) is -1.00. The molecule has 0 bridgehead atoms. The number of piperazine rings is 1. The van der Waals surface area contributed by atoms with E-state index in [1.807, 2.05) is 42.5 Å². The molecule has 186 valence electrons. The molecule has 0 atom stereocenters. The van der Waals surface area contributed by atoms with Gasteiger partial charge in [0.2, 0.25) is 0 Å². The Kier molecular flexibility index (Phi) is 6.84. The third kappa shape index (κ3) is 4.76. The summed E-state index contributed by atoms with van der Waals surface area (Å²) in [6.45, 7) is 4.85. The third-order valence-electron chi connectivity index (χ3n) is 7.03. The highest BCUT2D eigenvalue weighted by molar-refractivity contribution is 6.35. The van der Waals surface area contributed by atoms with E-state index >= 15 is 0 Å². The van der Waals surface area contributed by atoms with E-state index in [1.54, 1.807) is 25.6 Å². The standard InChI is InChI=1S/C28H31N5O3/c1-2-21-10-12-22(13-11-21)25-24(20-33(29-25)23-8-4-3-5-9-23)26(34)31-16-18-32(19-17-31)28(36)27(35)30-14-6-7-15-30/h3-5,8-13,20H,2,6-7,14-19H2,1H3. The van der Waals surface area contributed by atoms with Gasteiger partial charge >= 0.3 is 11.8 Å². The van der Waals surface area contributed by atoms with Crippen molar-refractivity contribution in [2.45, 2.75) is 26.2 Å². The molecule has 2 aromatic carbocycles. The van der Waals surface area contributed by atoms with Crippen LogP contribution in [0.1, 0.15) is 35.7 Å². The maximum Gasteiger partial charge on any atom is 0.312 e. The first-order valence-corrected chi connectivity index (χ1v) is 12.7. The minimum atomic E-state index is -0.461. The number of likely N-dealkylation sites (tertiary alicyclic amines) is 1. The zero-order valence-corrected chi connectivity index (χ0v) is 20.6. The van der Waals surface area contributed by atoms with Crippen molar-refractivity contribution >= 4 is 17.7 Å². The van der Waals surface area contributed by atoms with Crippen molar-refractivity contribution in [1.29, 1.82) is 0 Å². The van der Waals surface area contributed by atoms with Gasteiger partial charge in [-0.3, -0.25) is 14.4 Å². The van der Waals surface area contributed by atoms with E-state index in [-0.39, 0.29) is 5.91 Å². The molecular formula is C28H31N5O3. The summed E-state index contributed by atoms with van der Waals surface area (Å²) in [6.07, 6.45) is 4.62. The van der Waals surface area contributed by atoms with Crippen LogP contribution in [0.5, 0.6) is 0 Å². The Labute approximate surface area is 211 Å². The van der Waals surface area contributed by atoms with Gasteiger partial charge in [0.25, 0.3) is 5.91 Å². The smallest absolute Gasteiger partial charge is 0.312 e. The molecule has 0 radical (unpaired) electrons. The second-order valence-electron chi connectivity index (χ2n) is 9.31. The molecule has 2 fully saturated rings. The average molecular weight is 486 g/mol. The van der Waals surface area contributed by atoms with Gasteiger partial charge in [-0.2, -0.15) is 5.10 Å². The maximum atomic E-state index is 13.7. The minimum absolute atomic E-state index is 0.121. The number of carbonyl (C=O) groups is 3. The SMILES string of the molecule is CCc1ccc(-c2nn(-c3ccccc3)cc2C(=O)N2CCN(C(=O)C(=O)N3CCCC3)CC2)cc1. The number of aryl methyl sites for hydroxylation is 1. The van der Waals surface area contributed by atoms with Crippen molar-refractivity contribution in [2.24, 2.45) is 0 Å². The first-order chi connectivity index (χ1) is 17.5. The van der Waals surface area contributed by atoms with Crippen LogP contribution in [0.3, 0.4) is 0 Å². The summed E-state index contributed by atoms with van der Waals surface area (Å²) in [6, 6.07) is 17.9. The van der Waals surface area contributed by atoms with Crippen LogP contribution in [0.4, 0.5) is 0 Å². The molecule has 2 aliphatic heterocycles. The van der Waals surface area contributed by atoms with Crippen molar-refractivity contribution in [3.63, 3.8) is 0 Å². The highest BCUT2D eigenvalue weighted by Crippen LogP contribution is 2.26. The zero-order chi connectivity index (χ0) is 25.1. The largest absolute Gasteiger partial charge is 0.335 e. The molecular weight excluding hydrogens is 454 g/mol. The van der Waals surface area contributed by atoms with Crippen LogP contribution >= 0.6 is 0 Å². The fraction of sp³-hybridized carbons (Fsp3) is 0.357. The summed E-state index contributed by atoms with van der Waals surface area (Å²) < 4.78 is 1.74. The number of para-hydroxylation sites is 1. The molecule has 3 heterocycles. The number of hydrogen-bond acceptors (Lipinski definition) is 4. The number of nitrogens with zero attached hydrogens (tertiary/aromatic N) is 5. The summed E-state index contributed by atoms with van der Waals surface area (Å²) in [5.41, 5.74) is 4.14. The van der Waals surface area contributed by atoms with Gasteiger partial charge in [-0.1, -0.05) is 49.4 Å². The second kappa shape index (κ2) is 10.4. The second-order valence-corrected chi connectivity index (χ2v) is 9.31. The van der Waals surface area contributed by atoms with Gasteiger partial charge in [-0.05, 0) is 37.0 Å². The molecule has 0 N–H and O–H groups in total. The number of rotatable bonds is 4. The zero-order valence-electron chi connectivity index (χ0n) is 20.6. The Bertz CT molecular complexity index is 1240. The lowest BCUT2D eigenvalue weighted by Crippen LogP contribution is -2.54. The topological polar surface area (TPSA) is 78.8 Å². The number of benzene rings is 2. The van der Waals surface area contributed by atoms with E-state index in [0.29, 0.717) is 50.5 Å². The normalized spacial score (nSPS) is 15.9. The lowest BCUT2D eigenvalue weighted by atomic mass is 10.0. The van der Waals surface area contributed by atoms with Crippen LogP contribution in [-0.4, -0.2) is 81.5 Å². The molecule has 2 saturated heterocycles. The van der Waals surface area contributed by atoms with Gasteiger partial charge in [-0.15, -0.1) is 0 Å². The van der Waals surface area contributed by atoms with Gasteiger partial charge in [0.1, 0.15) is 5.69 Å². The molecule has 2 aliphatic rings. The van der Waals surface area contributed by atoms with Crippen LogP contribution in [0.2, 0.25) is 0 Å². The molecule has 5 rings (SSSR count). The monoisotopic (exact) mass is 485 g/mol. The van der Waals surface area contributed by atoms with Gasteiger partial charge in [-0.25, -0.2) is 4.68 Å². The quantitative estimate of drug-likeness (QED) is 0.533. The van der Waals surface area contributed by atoms with Crippen LogP contribution in [0, 0.1) is 0 Å². The molecule has 0 spiro atoms. The molecule has 0 saturated carbocycles. The number of carbonyl (C=O) groups excluding carboxylic acids is 3. The lowest BCUT2D eigenvalue weighted by molar-refractivity contribution is -0.152. The van der Waals surface area contributed by atoms with E-state index in [2.05, 4.69) is 19.1 Å². The molecule has 1 aromatic heterocycles. The van der Waals surface area contributed by atoms with Gasteiger partial charge < -0.3 is 14.7 Å². The highest BCUT2D eigenvalue weighted by atomic mass is 16.2. The van der Waals surface area contributed by atoms with E-state index in [1.165, 1.54) is 5.56 Å². The Morgan fingerprint density at radius 1 is 0.750 bits per heavy atom. The van der Waals surface area contributed by atoms with Crippen molar-refractivity contribution < 1.29 is 14.4 Å². The summed E-state index contributed by atoms with van der Waals surface area (Å²) in [7, 11) is 0.